The van der Waals surface area contributed by atoms with Gasteiger partial charge in [-0.1, -0.05) is 0 Å². The van der Waals surface area contributed by atoms with Gasteiger partial charge in [0.25, 0.3) is 0 Å². The summed E-state index contributed by atoms with van der Waals surface area (Å²) in [5.74, 6) is -0.797. The number of hydrogen-bond acceptors (Lipinski definition) is 4. The Morgan fingerprint density at radius 1 is 1.24 bits per heavy atom. The highest BCUT2D eigenvalue weighted by molar-refractivity contribution is 7.89. The molecule has 0 saturated carbocycles. The molecule has 116 valence electrons. The second kappa shape index (κ2) is 5.17. The summed E-state index contributed by atoms with van der Waals surface area (Å²) in [5, 5.41) is 7.14. The fourth-order valence-corrected chi connectivity index (χ4v) is 3.34. The Balaban J connectivity index is 2.19. The molecule has 21 heavy (non-hydrogen) atoms. The molecule has 0 radical (unpaired) electrons. The van der Waals surface area contributed by atoms with E-state index < -0.39 is 27.5 Å². The van der Waals surface area contributed by atoms with Crippen molar-refractivity contribution in [1.82, 2.24) is 19.6 Å². The third-order valence-electron chi connectivity index (χ3n) is 2.78. The van der Waals surface area contributed by atoms with E-state index in [-0.39, 0.29) is 11.4 Å². The molecule has 10 heteroatoms. The molecule has 0 aliphatic heterocycles. The van der Waals surface area contributed by atoms with Crippen LogP contribution in [0.5, 0.6) is 0 Å². The SMILES string of the molecule is Cn1cc(CS(=O)(=O)Cc2cc(C(F)(F)F)nn2C)cn1. The molecular weight excluding hydrogens is 309 g/mol. The van der Waals surface area contributed by atoms with Crippen molar-refractivity contribution in [2.75, 3.05) is 0 Å². The van der Waals surface area contributed by atoms with Gasteiger partial charge in [0.2, 0.25) is 0 Å². The van der Waals surface area contributed by atoms with Crippen molar-refractivity contribution < 1.29 is 21.6 Å². The molecule has 6 nitrogen and oxygen atoms in total. The third-order valence-corrected chi connectivity index (χ3v) is 4.29. The summed E-state index contributed by atoms with van der Waals surface area (Å²) in [7, 11) is -0.683. The average Bonchev–Trinajstić information content (AvgIpc) is 2.85. The second-order valence-electron chi connectivity index (χ2n) is 4.70. The van der Waals surface area contributed by atoms with Gasteiger partial charge in [-0.15, -0.1) is 0 Å². The molecule has 0 amide bonds. The number of aromatic nitrogens is 4. The van der Waals surface area contributed by atoms with E-state index in [1.165, 1.54) is 17.9 Å². The fourth-order valence-electron chi connectivity index (χ4n) is 1.86. The van der Waals surface area contributed by atoms with Gasteiger partial charge in [-0.25, -0.2) is 8.42 Å². The lowest BCUT2D eigenvalue weighted by atomic mass is 10.4. The minimum absolute atomic E-state index is 0.00813. The first-order valence-corrected chi connectivity index (χ1v) is 7.67. The largest absolute Gasteiger partial charge is 0.435 e. The van der Waals surface area contributed by atoms with Crippen LogP contribution in [0.25, 0.3) is 0 Å². The van der Waals surface area contributed by atoms with Gasteiger partial charge in [-0.05, 0) is 6.07 Å². The van der Waals surface area contributed by atoms with Crippen LogP contribution in [0.3, 0.4) is 0 Å². The Labute approximate surface area is 119 Å². The van der Waals surface area contributed by atoms with E-state index in [9.17, 15) is 21.6 Å². The van der Waals surface area contributed by atoms with Crippen molar-refractivity contribution in [3.63, 3.8) is 0 Å². The molecule has 2 aromatic rings. The van der Waals surface area contributed by atoms with Crippen LogP contribution in [0, 0.1) is 0 Å². The van der Waals surface area contributed by atoms with Crippen LogP contribution >= 0.6 is 0 Å². The monoisotopic (exact) mass is 322 g/mol. The quantitative estimate of drug-likeness (QED) is 0.850. The van der Waals surface area contributed by atoms with Crippen LogP contribution in [0.4, 0.5) is 13.2 Å². The summed E-state index contributed by atoms with van der Waals surface area (Å²) in [6.07, 6.45) is -1.65. The summed E-state index contributed by atoms with van der Waals surface area (Å²) >= 11 is 0. The second-order valence-corrected chi connectivity index (χ2v) is 6.76. The molecule has 2 aromatic heterocycles. The van der Waals surface area contributed by atoms with Crippen LogP contribution in [0.2, 0.25) is 0 Å². The van der Waals surface area contributed by atoms with Crippen LogP contribution in [0.15, 0.2) is 18.5 Å². The minimum atomic E-state index is -4.59. The molecule has 0 aliphatic rings. The summed E-state index contributed by atoms with van der Waals surface area (Å²) < 4.78 is 64.0. The first-order valence-electron chi connectivity index (χ1n) is 5.85. The van der Waals surface area contributed by atoms with Gasteiger partial charge < -0.3 is 0 Å². The third kappa shape index (κ3) is 3.84. The van der Waals surface area contributed by atoms with Crippen LogP contribution in [-0.2, 0) is 41.6 Å². The molecule has 0 aliphatic carbocycles. The summed E-state index contributed by atoms with van der Waals surface area (Å²) in [6, 6.07) is 0.751. The lowest BCUT2D eigenvalue weighted by Gasteiger charge is -2.03. The number of hydrogen-bond donors (Lipinski definition) is 0. The number of rotatable bonds is 4. The average molecular weight is 322 g/mol. The standard InChI is InChI=1S/C11H13F3N4O2S/c1-17-5-8(4-15-17)6-21(19,20)7-9-3-10(11(12,13)14)16-18(9)2/h3-5H,6-7H2,1-2H3. The zero-order valence-electron chi connectivity index (χ0n) is 11.3. The first kappa shape index (κ1) is 15.5. The Morgan fingerprint density at radius 3 is 2.38 bits per heavy atom. The topological polar surface area (TPSA) is 69.8 Å². The maximum absolute atomic E-state index is 12.5. The van der Waals surface area contributed by atoms with Crippen LogP contribution < -0.4 is 0 Å². The maximum Gasteiger partial charge on any atom is 0.435 e. The molecule has 0 N–H and O–H groups in total. The summed E-state index contributed by atoms with van der Waals surface area (Å²) in [5.41, 5.74) is -0.626. The lowest BCUT2D eigenvalue weighted by molar-refractivity contribution is -0.141. The molecule has 0 unspecified atom stereocenters. The highest BCUT2D eigenvalue weighted by Crippen LogP contribution is 2.28. The number of sulfone groups is 1. The highest BCUT2D eigenvalue weighted by Gasteiger charge is 2.35. The molecule has 0 fully saturated rings. The number of alkyl halides is 3. The Bertz CT molecular complexity index is 746. The summed E-state index contributed by atoms with van der Waals surface area (Å²) in [6.45, 7) is 0. The molecule has 0 saturated heterocycles. The summed E-state index contributed by atoms with van der Waals surface area (Å²) in [4.78, 5) is 0. The Hall–Kier alpha value is -1.84. The normalized spacial score (nSPS) is 12.8. The van der Waals surface area contributed by atoms with Gasteiger partial charge in [-0.2, -0.15) is 23.4 Å². The molecular formula is C11H13F3N4O2S. The smallest absolute Gasteiger partial charge is 0.276 e. The van der Waals surface area contributed by atoms with Crippen LogP contribution in [0.1, 0.15) is 17.0 Å². The lowest BCUT2D eigenvalue weighted by Crippen LogP contribution is -2.10. The zero-order chi connectivity index (χ0) is 15.8. The fraction of sp³-hybridized carbons (Fsp3) is 0.455. The predicted octanol–water partition coefficient (Wildman–Crippen LogP) is 1.29. The Kier molecular flexibility index (Phi) is 3.83. The van der Waals surface area contributed by atoms with E-state index in [2.05, 4.69) is 10.2 Å². The van der Waals surface area contributed by atoms with Gasteiger partial charge in [0.15, 0.2) is 15.5 Å². The molecule has 0 bridgehead atoms. The molecule has 0 atom stereocenters. The number of aryl methyl sites for hydroxylation is 2. The van der Waals surface area contributed by atoms with Gasteiger partial charge in [0, 0.05) is 25.9 Å². The van der Waals surface area contributed by atoms with Gasteiger partial charge in [-0.3, -0.25) is 9.36 Å². The van der Waals surface area contributed by atoms with E-state index in [1.54, 1.807) is 13.2 Å². The van der Waals surface area contributed by atoms with E-state index in [4.69, 9.17) is 0 Å². The van der Waals surface area contributed by atoms with Gasteiger partial charge in [0.05, 0.1) is 23.4 Å². The van der Waals surface area contributed by atoms with E-state index in [0.29, 0.717) is 5.56 Å². The number of halogens is 3. The molecule has 0 spiro atoms. The Morgan fingerprint density at radius 2 is 1.90 bits per heavy atom. The van der Waals surface area contributed by atoms with E-state index in [1.807, 2.05) is 0 Å². The highest BCUT2D eigenvalue weighted by atomic mass is 32.2. The van der Waals surface area contributed by atoms with Crippen LogP contribution in [-0.4, -0.2) is 28.0 Å². The van der Waals surface area contributed by atoms with Gasteiger partial charge >= 0.3 is 6.18 Å². The van der Waals surface area contributed by atoms with Crippen molar-refractivity contribution in [3.8, 4) is 0 Å². The zero-order valence-corrected chi connectivity index (χ0v) is 12.1. The predicted molar refractivity (Wildman–Crippen MR) is 67.7 cm³/mol. The molecule has 2 heterocycles. The van der Waals surface area contributed by atoms with Crippen molar-refractivity contribution in [2.45, 2.75) is 17.7 Å². The van der Waals surface area contributed by atoms with Gasteiger partial charge in [0.1, 0.15) is 0 Å². The minimum Gasteiger partial charge on any atom is -0.276 e. The number of nitrogens with zero attached hydrogens (tertiary/aromatic N) is 4. The first-order chi connectivity index (χ1) is 9.57. The molecule has 0 aromatic carbocycles. The van der Waals surface area contributed by atoms with Crippen molar-refractivity contribution in [2.24, 2.45) is 14.1 Å². The maximum atomic E-state index is 12.5. The van der Waals surface area contributed by atoms with Crippen molar-refractivity contribution >= 4 is 9.84 Å². The van der Waals surface area contributed by atoms with E-state index in [0.717, 1.165) is 10.7 Å². The molecule has 2 rings (SSSR count). The van der Waals surface area contributed by atoms with E-state index >= 15 is 0 Å². The van der Waals surface area contributed by atoms with Crippen molar-refractivity contribution in [3.05, 3.63) is 35.4 Å². The van der Waals surface area contributed by atoms with Crippen molar-refractivity contribution in [1.29, 1.82) is 0 Å².